The molecule has 2 rings (SSSR count). The van der Waals surface area contributed by atoms with Gasteiger partial charge in [0.05, 0.1) is 0 Å². The Morgan fingerprint density at radius 3 is 2.33 bits per heavy atom. The molecular formula is C17H20O. The molecule has 0 spiro atoms. The monoisotopic (exact) mass is 240 g/mol. The minimum atomic E-state index is 0.0644. The molecule has 0 aromatic heterocycles. The molecular weight excluding hydrogens is 220 g/mol. The van der Waals surface area contributed by atoms with E-state index in [0.29, 0.717) is 5.92 Å². The van der Waals surface area contributed by atoms with Gasteiger partial charge in [0.2, 0.25) is 0 Å². The van der Waals surface area contributed by atoms with Gasteiger partial charge in [-0.3, -0.25) is 4.79 Å². The number of carbonyl (C=O) groups is 1. The molecule has 2 aromatic carbocycles. The summed E-state index contributed by atoms with van der Waals surface area (Å²) in [6.45, 7) is 8.24. The summed E-state index contributed by atoms with van der Waals surface area (Å²) in [5.74, 6) is 0.699. The zero-order valence-electron chi connectivity index (χ0n) is 11.5. The minimum Gasteiger partial charge on any atom is -0.294 e. The summed E-state index contributed by atoms with van der Waals surface area (Å²) in [5.41, 5.74) is 1.97. The number of hydrogen-bond donors (Lipinski definition) is 0. The van der Waals surface area contributed by atoms with Gasteiger partial charge in [-0.2, -0.15) is 0 Å². The van der Waals surface area contributed by atoms with E-state index in [-0.39, 0.29) is 11.7 Å². The number of aryl methyl sites for hydroxylation is 1. The Hall–Kier alpha value is -1.63. The summed E-state index contributed by atoms with van der Waals surface area (Å²) in [6, 6.07) is 12.2. The van der Waals surface area contributed by atoms with Crippen LogP contribution in [0.4, 0.5) is 0 Å². The van der Waals surface area contributed by atoms with E-state index in [0.717, 1.165) is 21.9 Å². The van der Waals surface area contributed by atoms with Crippen molar-refractivity contribution in [2.45, 2.75) is 27.7 Å². The van der Waals surface area contributed by atoms with Crippen molar-refractivity contribution in [2.75, 3.05) is 0 Å². The number of fused-ring (bicyclic) bond motifs is 1. The van der Waals surface area contributed by atoms with Crippen LogP contribution in [0.3, 0.4) is 0 Å². The minimum absolute atomic E-state index is 0.0644. The molecule has 0 saturated carbocycles. The van der Waals surface area contributed by atoms with Crippen LogP contribution < -0.4 is 0 Å². The predicted octanol–water partition coefficient (Wildman–Crippen LogP) is 4.62. The maximum absolute atomic E-state index is 12.6. The normalized spacial score (nSPS) is 12.9. The van der Waals surface area contributed by atoms with Crippen LogP contribution in [0.5, 0.6) is 0 Å². The molecule has 1 heteroatoms. The highest BCUT2D eigenvalue weighted by atomic mass is 16.1. The fraction of sp³-hybridized carbons (Fsp3) is 0.353. The first-order chi connectivity index (χ1) is 8.52. The van der Waals surface area contributed by atoms with Crippen LogP contribution in [-0.4, -0.2) is 5.78 Å². The standard InChI is InChI=1S/C17H20O/c1-11(2)13(4)17(18)16-12(3)9-10-14-7-5-6-8-15(14)16/h5-11,13H,1-4H3. The summed E-state index contributed by atoms with van der Waals surface area (Å²) in [6.07, 6.45) is 0. The highest BCUT2D eigenvalue weighted by Gasteiger charge is 2.21. The highest BCUT2D eigenvalue weighted by Crippen LogP contribution is 2.26. The van der Waals surface area contributed by atoms with Gasteiger partial charge in [-0.1, -0.05) is 57.2 Å². The first-order valence-electron chi connectivity index (χ1n) is 6.55. The second kappa shape index (κ2) is 4.93. The van der Waals surface area contributed by atoms with Gasteiger partial charge in [0.1, 0.15) is 0 Å². The van der Waals surface area contributed by atoms with Crippen molar-refractivity contribution in [1.82, 2.24) is 0 Å². The largest absolute Gasteiger partial charge is 0.294 e. The van der Waals surface area contributed by atoms with E-state index < -0.39 is 0 Å². The molecule has 94 valence electrons. The topological polar surface area (TPSA) is 17.1 Å². The lowest BCUT2D eigenvalue weighted by Gasteiger charge is -2.17. The summed E-state index contributed by atoms with van der Waals surface area (Å²) >= 11 is 0. The Balaban J connectivity index is 2.62. The summed E-state index contributed by atoms with van der Waals surface area (Å²) in [5, 5.41) is 2.22. The number of Topliss-reactive ketones (excluding diaryl/α,β-unsaturated/α-hetero) is 1. The van der Waals surface area contributed by atoms with Crippen LogP contribution in [-0.2, 0) is 0 Å². The number of ketones is 1. The molecule has 0 N–H and O–H groups in total. The molecule has 18 heavy (non-hydrogen) atoms. The zero-order chi connectivity index (χ0) is 13.3. The molecule has 1 unspecified atom stereocenters. The molecule has 0 fully saturated rings. The van der Waals surface area contributed by atoms with Gasteiger partial charge in [0.25, 0.3) is 0 Å². The van der Waals surface area contributed by atoms with Crippen LogP contribution >= 0.6 is 0 Å². The van der Waals surface area contributed by atoms with E-state index in [9.17, 15) is 4.79 Å². The van der Waals surface area contributed by atoms with Crippen LogP contribution in [0.1, 0.15) is 36.7 Å². The van der Waals surface area contributed by atoms with Crippen molar-refractivity contribution in [2.24, 2.45) is 11.8 Å². The van der Waals surface area contributed by atoms with Crippen LogP contribution in [0, 0.1) is 18.8 Å². The van der Waals surface area contributed by atoms with E-state index in [1.807, 2.05) is 38.1 Å². The molecule has 1 atom stereocenters. The second-order valence-corrected chi connectivity index (χ2v) is 5.38. The molecule has 0 heterocycles. The van der Waals surface area contributed by atoms with Gasteiger partial charge in [0.15, 0.2) is 5.78 Å². The molecule has 0 saturated heterocycles. The number of rotatable bonds is 3. The molecule has 0 aliphatic carbocycles. The van der Waals surface area contributed by atoms with Gasteiger partial charge < -0.3 is 0 Å². The molecule has 0 radical (unpaired) electrons. The van der Waals surface area contributed by atoms with Crippen molar-refractivity contribution < 1.29 is 4.79 Å². The maximum atomic E-state index is 12.6. The second-order valence-electron chi connectivity index (χ2n) is 5.38. The van der Waals surface area contributed by atoms with Crippen molar-refractivity contribution in [3.63, 3.8) is 0 Å². The molecule has 0 bridgehead atoms. The van der Waals surface area contributed by atoms with E-state index in [1.54, 1.807) is 0 Å². The number of carbonyl (C=O) groups excluding carboxylic acids is 1. The van der Waals surface area contributed by atoms with Crippen LogP contribution in [0.2, 0.25) is 0 Å². The van der Waals surface area contributed by atoms with Crippen LogP contribution in [0.25, 0.3) is 10.8 Å². The number of benzene rings is 2. The molecule has 2 aromatic rings. The van der Waals surface area contributed by atoms with E-state index in [2.05, 4.69) is 26.0 Å². The molecule has 0 aliphatic rings. The van der Waals surface area contributed by atoms with E-state index in [1.165, 1.54) is 0 Å². The lowest BCUT2D eigenvalue weighted by atomic mass is 9.86. The molecule has 0 aliphatic heterocycles. The van der Waals surface area contributed by atoms with Crippen molar-refractivity contribution in [1.29, 1.82) is 0 Å². The number of hydrogen-bond acceptors (Lipinski definition) is 1. The lowest BCUT2D eigenvalue weighted by Crippen LogP contribution is -2.18. The molecule has 1 nitrogen and oxygen atoms in total. The van der Waals surface area contributed by atoms with E-state index in [4.69, 9.17) is 0 Å². The smallest absolute Gasteiger partial charge is 0.166 e. The quantitative estimate of drug-likeness (QED) is 0.715. The summed E-state index contributed by atoms with van der Waals surface area (Å²) in [7, 11) is 0. The Kier molecular flexibility index (Phi) is 3.51. The third kappa shape index (κ3) is 2.17. The Bertz CT molecular complexity index is 581. The fourth-order valence-electron chi connectivity index (χ4n) is 2.24. The Labute approximate surface area is 109 Å². The third-order valence-electron chi connectivity index (χ3n) is 3.80. The molecule has 0 amide bonds. The average molecular weight is 240 g/mol. The maximum Gasteiger partial charge on any atom is 0.166 e. The SMILES string of the molecule is Cc1ccc2ccccc2c1C(=O)C(C)C(C)C. The predicted molar refractivity (Wildman–Crippen MR) is 77.0 cm³/mol. The summed E-state index contributed by atoms with van der Waals surface area (Å²) in [4.78, 5) is 12.6. The van der Waals surface area contributed by atoms with Gasteiger partial charge in [-0.05, 0) is 29.2 Å². The lowest BCUT2D eigenvalue weighted by molar-refractivity contribution is 0.0901. The first kappa shape index (κ1) is 12.8. The zero-order valence-corrected chi connectivity index (χ0v) is 11.5. The van der Waals surface area contributed by atoms with Crippen molar-refractivity contribution >= 4 is 16.6 Å². The van der Waals surface area contributed by atoms with Gasteiger partial charge in [0, 0.05) is 11.5 Å². The summed E-state index contributed by atoms with van der Waals surface area (Å²) < 4.78 is 0. The van der Waals surface area contributed by atoms with Gasteiger partial charge in [-0.25, -0.2) is 0 Å². The van der Waals surface area contributed by atoms with Crippen molar-refractivity contribution in [3.05, 3.63) is 47.5 Å². The van der Waals surface area contributed by atoms with Crippen molar-refractivity contribution in [3.8, 4) is 0 Å². The first-order valence-corrected chi connectivity index (χ1v) is 6.55. The van der Waals surface area contributed by atoms with Gasteiger partial charge >= 0.3 is 0 Å². The van der Waals surface area contributed by atoms with Gasteiger partial charge in [-0.15, -0.1) is 0 Å². The third-order valence-corrected chi connectivity index (χ3v) is 3.80. The average Bonchev–Trinajstić information content (AvgIpc) is 2.37. The Morgan fingerprint density at radius 2 is 1.67 bits per heavy atom. The fourth-order valence-corrected chi connectivity index (χ4v) is 2.24. The van der Waals surface area contributed by atoms with Crippen LogP contribution in [0.15, 0.2) is 36.4 Å². The van der Waals surface area contributed by atoms with E-state index >= 15 is 0 Å². The highest BCUT2D eigenvalue weighted by molar-refractivity contribution is 6.10. The Morgan fingerprint density at radius 1 is 1.00 bits per heavy atom.